The summed E-state index contributed by atoms with van der Waals surface area (Å²) in [5.74, 6) is 2.05. The third kappa shape index (κ3) is 6.38. The fraction of sp³-hybridized carbons (Fsp3) is 0.367. The molecule has 1 saturated heterocycles. The van der Waals surface area contributed by atoms with E-state index in [-0.39, 0.29) is 11.9 Å². The van der Waals surface area contributed by atoms with Crippen LogP contribution in [0.4, 0.5) is 5.69 Å². The summed E-state index contributed by atoms with van der Waals surface area (Å²) in [5.41, 5.74) is 2.61. The van der Waals surface area contributed by atoms with E-state index < -0.39 is 0 Å². The van der Waals surface area contributed by atoms with E-state index in [1.165, 1.54) is 0 Å². The number of rotatable bonds is 8. The Morgan fingerprint density at radius 2 is 1.83 bits per heavy atom. The van der Waals surface area contributed by atoms with Crippen molar-refractivity contribution in [2.24, 2.45) is 5.92 Å². The number of hydrogen-bond acceptors (Lipinski definition) is 5. The average molecular weight is 488 g/mol. The smallest absolute Gasteiger partial charge is 0.251 e. The molecule has 6 heteroatoms. The summed E-state index contributed by atoms with van der Waals surface area (Å²) < 4.78 is 5.96. The first-order valence-corrected chi connectivity index (χ1v) is 12.7. The molecule has 3 aromatic rings. The molecule has 1 aliphatic rings. The second-order valence-corrected chi connectivity index (χ2v) is 10.0. The van der Waals surface area contributed by atoms with E-state index in [1.807, 2.05) is 73.7 Å². The number of benzene rings is 3. The summed E-state index contributed by atoms with van der Waals surface area (Å²) >= 11 is 0. The number of nitrogens with zero attached hydrogens (tertiary/aromatic N) is 2. The van der Waals surface area contributed by atoms with E-state index in [9.17, 15) is 9.90 Å². The summed E-state index contributed by atoms with van der Waals surface area (Å²) in [5, 5.41) is 13.1. The maximum atomic E-state index is 13.2. The number of aromatic hydroxyl groups is 1. The lowest BCUT2D eigenvalue weighted by Gasteiger charge is -2.42. The van der Waals surface area contributed by atoms with Crippen molar-refractivity contribution in [1.82, 2.24) is 10.2 Å². The monoisotopic (exact) mass is 487 g/mol. The number of carbonyl (C=O) groups is 1. The summed E-state index contributed by atoms with van der Waals surface area (Å²) in [6.07, 6.45) is 0. The number of phenolic OH excluding ortho intramolecular Hbond substituents is 1. The Balaban J connectivity index is 1.36. The molecule has 6 nitrogen and oxygen atoms in total. The highest BCUT2D eigenvalue weighted by Gasteiger charge is 2.27. The summed E-state index contributed by atoms with van der Waals surface area (Å²) in [7, 11) is 0. The number of hydrogen-bond donors (Lipinski definition) is 2. The zero-order valence-electron chi connectivity index (χ0n) is 21.6. The van der Waals surface area contributed by atoms with Crippen molar-refractivity contribution >= 4 is 11.6 Å². The van der Waals surface area contributed by atoms with Gasteiger partial charge in [-0.2, -0.15) is 0 Å². The standard InChI is InChI=1S/C30H37N3O3/c1-21(2)28(20-32-15-16-33(23(4)19-32)25-9-8-10-26(34)18-25)31-30(35)24-13-14-29(22(3)17-24)36-27-11-6-5-7-12-27/h5-14,17-18,21,23,28,34H,15-16,19-20H2,1-4H3,(H,31,35)/t23-,28+/m0/s1. The number of amides is 1. The van der Waals surface area contributed by atoms with Gasteiger partial charge in [-0.1, -0.05) is 38.1 Å². The van der Waals surface area contributed by atoms with Gasteiger partial charge in [-0.15, -0.1) is 0 Å². The highest BCUT2D eigenvalue weighted by atomic mass is 16.5. The molecule has 0 unspecified atom stereocenters. The average Bonchev–Trinajstić information content (AvgIpc) is 2.85. The molecule has 0 aliphatic carbocycles. The van der Waals surface area contributed by atoms with Crippen LogP contribution in [0.5, 0.6) is 17.2 Å². The van der Waals surface area contributed by atoms with Gasteiger partial charge in [0, 0.05) is 55.6 Å². The highest BCUT2D eigenvalue weighted by Crippen LogP contribution is 2.26. The number of phenols is 1. The van der Waals surface area contributed by atoms with Crippen LogP contribution in [0.2, 0.25) is 0 Å². The molecule has 2 atom stereocenters. The lowest BCUT2D eigenvalue weighted by atomic mass is 10.0. The minimum Gasteiger partial charge on any atom is -0.508 e. The molecule has 0 spiro atoms. The molecular weight excluding hydrogens is 450 g/mol. The van der Waals surface area contributed by atoms with Crippen LogP contribution in [0.15, 0.2) is 72.8 Å². The van der Waals surface area contributed by atoms with Gasteiger partial charge in [0.15, 0.2) is 0 Å². The molecule has 0 aromatic heterocycles. The molecule has 1 aliphatic heterocycles. The Kier molecular flexibility index (Phi) is 8.16. The van der Waals surface area contributed by atoms with Gasteiger partial charge in [-0.25, -0.2) is 0 Å². The third-order valence-electron chi connectivity index (χ3n) is 6.86. The van der Waals surface area contributed by atoms with Crippen molar-refractivity contribution in [3.8, 4) is 17.2 Å². The number of piperazine rings is 1. The van der Waals surface area contributed by atoms with Crippen LogP contribution in [0.25, 0.3) is 0 Å². The first kappa shape index (κ1) is 25.6. The van der Waals surface area contributed by atoms with Gasteiger partial charge in [0.2, 0.25) is 0 Å². The summed E-state index contributed by atoms with van der Waals surface area (Å²) in [6.45, 7) is 12.0. The molecule has 1 fully saturated rings. The van der Waals surface area contributed by atoms with E-state index in [0.29, 0.717) is 23.3 Å². The molecule has 0 radical (unpaired) electrons. The molecule has 3 aromatic carbocycles. The predicted octanol–water partition coefficient (Wildman–Crippen LogP) is 5.46. The predicted molar refractivity (Wildman–Crippen MR) is 145 cm³/mol. The lowest BCUT2D eigenvalue weighted by Crippen LogP contribution is -2.56. The van der Waals surface area contributed by atoms with Gasteiger partial charge in [-0.05, 0) is 67.8 Å². The molecule has 2 N–H and O–H groups in total. The van der Waals surface area contributed by atoms with Crippen LogP contribution in [0.1, 0.15) is 36.7 Å². The number of para-hydroxylation sites is 1. The van der Waals surface area contributed by atoms with E-state index >= 15 is 0 Å². The van der Waals surface area contributed by atoms with E-state index in [2.05, 4.69) is 35.9 Å². The van der Waals surface area contributed by atoms with Crippen LogP contribution in [-0.4, -0.2) is 54.2 Å². The van der Waals surface area contributed by atoms with Gasteiger partial charge in [0.1, 0.15) is 17.2 Å². The minimum absolute atomic E-state index is 0.0394. The van der Waals surface area contributed by atoms with Crippen molar-refractivity contribution in [3.05, 3.63) is 83.9 Å². The van der Waals surface area contributed by atoms with Crippen molar-refractivity contribution in [1.29, 1.82) is 0 Å². The maximum absolute atomic E-state index is 13.2. The minimum atomic E-state index is -0.0606. The van der Waals surface area contributed by atoms with Crippen molar-refractivity contribution in [2.75, 3.05) is 31.1 Å². The van der Waals surface area contributed by atoms with E-state index in [0.717, 1.165) is 48.9 Å². The Hall–Kier alpha value is -3.51. The number of anilines is 1. The zero-order chi connectivity index (χ0) is 25.7. The Morgan fingerprint density at radius 3 is 2.50 bits per heavy atom. The third-order valence-corrected chi connectivity index (χ3v) is 6.86. The number of nitrogens with one attached hydrogen (secondary N) is 1. The van der Waals surface area contributed by atoms with Gasteiger partial charge in [0.05, 0.1) is 0 Å². The summed E-state index contributed by atoms with van der Waals surface area (Å²) in [6, 6.07) is 23.0. The van der Waals surface area contributed by atoms with Gasteiger partial charge >= 0.3 is 0 Å². The number of carbonyl (C=O) groups excluding carboxylic acids is 1. The SMILES string of the molecule is Cc1cc(C(=O)N[C@H](CN2CCN(c3cccc(O)c3)[C@@H](C)C2)C(C)C)ccc1Oc1ccccc1. The second-order valence-electron chi connectivity index (χ2n) is 10.0. The van der Waals surface area contributed by atoms with Crippen LogP contribution >= 0.6 is 0 Å². The van der Waals surface area contributed by atoms with Gasteiger partial charge in [-0.3, -0.25) is 9.69 Å². The Morgan fingerprint density at radius 1 is 1.06 bits per heavy atom. The lowest BCUT2D eigenvalue weighted by molar-refractivity contribution is 0.0903. The van der Waals surface area contributed by atoms with Crippen molar-refractivity contribution in [2.45, 2.75) is 39.8 Å². The first-order valence-electron chi connectivity index (χ1n) is 12.7. The highest BCUT2D eigenvalue weighted by molar-refractivity contribution is 5.94. The van der Waals surface area contributed by atoms with Crippen LogP contribution in [0.3, 0.4) is 0 Å². The molecule has 1 heterocycles. The molecule has 0 saturated carbocycles. The number of aryl methyl sites for hydroxylation is 1. The van der Waals surface area contributed by atoms with E-state index in [1.54, 1.807) is 6.07 Å². The van der Waals surface area contributed by atoms with Crippen LogP contribution in [-0.2, 0) is 0 Å². The number of ether oxygens (including phenoxy) is 1. The van der Waals surface area contributed by atoms with Crippen LogP contribution < -0.4 is 15.0 Å². The fourth-order valence-electron chi connectivity index (χ4n) is 4.73. The zero-order valence-corrected chi connectivity index (χ0v) is 21.6. The van der Waals surface area contributed by atoms with Gasteiger partial charge in [0.25, 0.3) is 5.91 Å². The van der Waals surface area contributed by atoms with Crippen molar-refractivity contribution < 1.29 is 14.6 Å². The maximum Gasteiger partial charge on any atom is 0.251 e. The van der Waals surface area contributed by atoms with Gasteiger partial charge < -0.3 is 20.1 Å². The molecule has 36 heavy (non-hydrogen) atoms. The van der Waals surface area contributed by atoms with Crippen LogP contribution in [0, 0.1) is 12.8 Å². The first-order chi connectivity index (χ1) is 17.3. The normalized spacial score (nSPS) is 17.1. The Bertz CT molecular complexity index is 1170. The quantitative estimate of drug-likeness (QED) is 0.442. The molecule has 4 rings (SSSR count). The van der Waals surface area contributed by atoms with E-state index in [4.69, 9.17) is 4.74 Å². The molecular formula is C30H37N3O3. The van der Waals surface area contributed by atoms with Crippen molar-refractivity contribution in [3.63, 3.8) is 0 Å². The Labute approximate surface area is 214 Å². The summed E-state index contributed by atoms with van der Waals surface area (Å²) in [4.78, 5) is 17.9. The fourth-order valence-corrected chi connectivity index (χ4v) is 4.73. The topological polar surface area (TPSA) is 65.0 Å². The molecule has 1 amide bonds. The largest absolute Gasteiger partial charge is 0.508 e. The molecule has 0 bridgehead atoms. The molecule has 190 valence electrons. The second kappa shape index (κ2) is 11.5.